The molecule has 2 aromatic carbocycles. The lowest BCUT2D eigenvalue weighted by Crippen LogP contribution is -2.33. The monoisotopic (exact) mass is 466 g/mol. The van der Waals surface area contributed by atoms with Gasteiger partial charge in [-0.3, -0.25) is 9.36 Å². The predicted molar refractivity (Wildman–Crippen MR) is 129 cm³/mol. The van der Waals surface area contributed by atoms with Crippen LogP contribution >= 0.6 is 11.8 Å². The van der Waals surface area contributed by atoms with Gasteiger partial charge in [0.05, 0.1) is 30.7 Å². The van der Waals surface area contributed by atoms with Crippen molar-refractivity contribution in [2.45, 2.75) is 45.3 Å². The van der Waals surface area contributed by atoms with Gasteiger partial charge in [-0.1, -0.05) is 49.4 Å². The van der Waals surface area contributed by atoms with E-state index in [0.717, 1.165) is 34.7 Å². The fourth-order valence-electron chi connectivity index (χ4n) is 3.92. The highest BCUT2D eigenvalue weighted by Gasteiger charge is 2.22. The van der Waals surface area contributed by atoms with Crippen LogP contribution in [0.5, 0.6) is 11.5 Å². The second-order valence-corrected chi connectivity index (χ2v) is 9.55. The smallest absolute Gasteiger partial charge is 0.230 e. The molecule has 1 amide bonds. The topological polar surface area (TPSA) is 78.3 Å². The summed E-state index contributed by atoms with van der Waals surface area (Å²) in [4.78, 5) is 12.9. The second-order valence-electron chi connectivity index (χ2n) is 8.61. The van der Waals surface area contributed by atoms with Crippen molar-refractivity contribution in [3.05, 3.63) is 59.4 Å². The van der Waals surface area contributed by atoms with Crippen LogP contribution in [-0.4, -0.2) is 39.6 Å². The molecule has 174 valence electrons. The molecule has 0 aliphatic carbocycles. The van der Waals surface area contributed by atoms with Crippen LogP contribution < -0.4 is 14.8 Å². The molecule has 1 aliphatic heterocycles. The van der Waals surface area contributed by atoms with Crippen molar-refractivity contribution >= 4 is 17.7 Å². The van der Waals surface area contributed by atoms with Crippen LogP contribution in [0.3, 0.4) is 0 Å². The molecule has 33 heavy (non-hydrogen) atoms. The van der Waals surface area contributed by atoms with E-state index in [0.29, 0.717) is 18.4 Å². The number of rotatable bonds is 7. The highest BCUT2D eigenvalue weighted by molar-refractivity contribution is 7.99. The molecule has 0 saturated heterocycles. The van der Waals surface area contributed by atoms with E-state index in [1.54, 1.807) is 6.33 Å². The zero-order valence-corrected chi connectivity index (χ0v) is 20.3. The van der Waals surface area contributed by atoms with Crippen LogP contribution in [-0.2, 0) is 4.79 Å². The molecule has 0 radical (unpaired) electrons. The van der Waals surface area contributed by atoms with E-state index < -0.39 is 0 Å². The molecule has 0 fully saturated rings. The number of hydrogen-bond donors (Lipinski definition) is 1. The van der Waals surface area contributed by atoms with E-state index in [9.17, 15) is 4.79 Å². The molecule has 0 unspecified atom stereocenters. The Bertz CT molecular complexity index is 1130. The summed E-state index contributed by atoms with van der Waals surface area (Å²) in [5, 5.41) is 12.2. The van der Waals surface area contributed by atoms with Gasteiger partial charge in [-0.25, -0.2) is 0 Å². The van der Waals surface area contributed by atoms with Gasteiger partial charge in [0, 0.05) is 6.42 Å². The van der Waals surface area contributed by atoms with Crippen molar-refractivity contribution in [1.29, 1.82) is 0 Å². The summed E-state index contributed by atoms with van der Waals surface area (Å²) in [5.41, 5.74) is 4.36. The summed E-state index contributed by atoms with van der Waals surface area (Å²) in [6, 6.07) is 12.0. The van der Waals surface area contributed by atoms with Gasteiger partial charge in [0.25, 0.3) is 0 Å². The number of nitrogens with one attached hydrogen (secondary N) is 1. The number of thioether (sulfide) groups is 1. The number of carbonyl (C=O) groups is 1. The molecule has 3 aromatic rings. The number of fused-ring (bicyclic) bond motifs is 1. The van der Waals surface area contributed by atoms with Crippen molar-refractivity contribution in [3.8, 4) is 17.2 Å². The standard InChI is InChI=1S/C25H30N4O3S/c1-16(2)24(19-7-9-21-22(13-19)32-11-5-10-31-21)27-23(30)14-33-25-28-26-15-29(25)20-8-6-17(3)12-18(20)4/h6-9,12-13,15-16,24H,5,10-11,14H2,1-4H3,(H,27,30)/t24-/m0/s1. The van der Waals surface area contributed by atoms with E-state index in [2.05, 4.69) is 61.4 Å². The number of ether oxygens (including phenoxy) is 2. The minimum Gasteiger partial charge on any atom is -0.490 e. The first-order valence-electron chi connectivity index (χ1n) is 11.2. The van der Waals surface area contributed by atoms with E-state index >= 15 is 0 Å². The van der Waals surface area contributed by atoms with Crippen LogP contribution in [0.15, 0.2) is 47.9 Å². The van der Waals surface area contributed by atoms with E-state index in [1.807, 2.05) is 22.8 Å². The molecule has 8 heteroatoms. The van der Waals surface area contributed by atoms with Crippen molar-refractivity contribution in [2.75, 3.05) is 19.0 Å². The third-order valence-corrected chi connectivity index (χ3v) is 6.52. The molecule has 1 aromatic heterocycles. The SMILES string of the molecule is Cc1ccc(-n2cnnc2SCC(=O)N[C@H](c2ccc3c(c2)OCCCO3)C(C)C)c(C)c1. The summed E-state index contributed by atoms with van der Waals surface area (Å²) < 4.78 is 13.5. The van der Waals surface area contributed by atoms with Gasteiger partial charge in [0.2, 0.25) is 5.91 Å². The molecular weight excluding hydrogens is 436 g/mol. The first-order valence-corrected chi connectivity index (χ1v) is 12.2. The Kier molecular flexibility index (Phi) is 7.23. The highest BCUT2D eigenvalue weighted by Crippen LogP contribution is 2.34. The normalized spacial score (nSPS) is 14.1. The van der Waals surface area contributed by atoms with Gasteiger partial charge >= 0.3 is 0 Å². The van der Waals surface area contributed by atoms with Crippen molar-refractivity contribution in [2.24, 2.45) is 5.92 Å². The maximum absolute atomic E-state index is 12.9. The number of amides is 1. The molecule has 1 N–H and O–H groups in total. The maximum atomic E-state index is 12.9. The highest BCUT2D eigenvalue weighted by atomic mass is 32.2. The van der Waals surface area contributed by atoms with Gasteiger partial charge in [-0.15, -0.1) is 10.2 Å². The Labute approximate surface area is 198 Å². The number of benzene rings is 2. The first kappa shape index (κ1) is 23.2. The Morgan fingerprint density at radius 2 is 1.91 bits per heavy atom. The van der Waals surface area contributed by atoms with Gasteiger partial charge in [0.1, 0.15) is 6.33 Å². The predicted octanol–water partition coefficient (Wildman–Crippen LogP) is 4.65. The lowest BCUT2D eigenvalue weighted by Gasteiger charge is -2.24. The Balaban J connectivity index is 1.44. The molecule has 0 spiro atoms. The molecule has 0 saturated carbocycles. The van der Waals surface area contributed by atoms with Crippen molar-refractivity contribution in [3.63, 3.8) is 0 Å². The van der Waals surface area contributed by atoms with Gasteiger partial charge < -0.3 is 14.8 Å². The van der Waals surface area contributed by atoms with E-state index in [4.69, 9.17) is 9.47 Å². The van der Waals surface area contributed by atoms with Crippen LogP contribution in [0.25, 0.3) is 5.69 Å². The van der Waals surface area contributed by atoms with Crippen molar-refractivity contribution in [1.82, 2.24) is 20.1 Å². The van der Waals surface area contributed by atoms with Crippen molar-refractivity contribution < 1.29 is 14.3 Å². The minimum absolute atomic E-state index is 0.0546. The first-order chi connectivity index (χ1) is 15.9. The summed E-state index contributed by atoms with van der Waals surface area (Å²) in [7, 11) is 0. The maximum Gasteiger partial charge on any atom is 0.230 e. The summed E-state index contributed by atoms with van der Waals surface area (Å²) >= 11 is 1.38. The van der Waals surface area contributed by atoms with E-state index in [-0.39, 0.29) is 23.6 Å². The Morgan fingerprint density at radius 1 is 1.12 bits per heavy atom. The third-order valence-electron chi connectivity index (χ3n) is 5.57. The van der Waals surface area contributed by atoms with Gasteiger partial charge in [-0.2, -0.15) is 0 Å². The minimum atomic E-state index is -0.132. The van der Waals surface area contributed by atoms with Crippen LogP contribution in [0.4, 0.5) is 0 Å². The average Bonchev–Trinajstić information content (AvgIpc) is 3.11. The molecule has 2 heterocycles. The number of carbonyl (C=O) groups excluding carboxylic acids is 1. The lowest BCUT2D eigenvalue weighted by atomic mass is 9.95. The second kappa shape index (κ2) is 10.3. The molecule has 1 atom stereocenters. The zero-order chi connectivity index (χ0) is 23.4. The van der Waals surface area contributed by atoms with Crippen LogP contribution in [0.1, 0.15) is 43.0 Å². The van der Waals surface area contributed by atoms with Gasteiger partial charge in [0.15, 0.2) is 16.7 Å². The number of nitrogens with zero attached hydrogens (tertiary/aromatic N) is 3. The average molecular weight is 467 g/mol. The summed E-state index contributed by atoms with van der Waals surface area (Å²) in [6.07, 6.45) is 2.55. The summed E-state index contributed by atoms with van der Waals surface area (Å²) in [6.45, 7) is 9.60. The molecule has 7 nitrogen and oxygen atoms in total. The Morgan fingerprint density at radius 3 is 2.67 bits per heavy atom. The fraction of sp³-hybridized carbons (Fsp3) is 0.400. The molecule has 0 bridgehead atoms. The number of aryl methyl sites for hydroxylation is 2. The summed E-state index contributed by atoms with van der Waals surface area (Å²) in [5.74, 6) is 1.90. The quantitative estimate of drug-likeness (QED) is 0.511. The fourth-order valence-corrected chi connectivity index (χ4v) is 4.65. The number of aromatic nitrogens is 3. The Hall–Kier alpha value is -3.00. The third kappa shape index (κ3) is 5.50. The number of hydrogen-bond acceptors (Lipinski definition) is 6. The van der Waals surface area contributed by atoms with E-state index in [1.165, 1.54) is 17.3 Å². The van der Waals surface area contributed by atoms with Crippen LogP contribution in [0, 0.1) is 19.8 Å². The van der Waals surface area contributed by atoms with Crippen LogP contribution in [0.2, 0.25) is 0 Å². The zero-order valence-electron chi connectivity index (χ0n) is 19.5. The molecular formula is C25H30N4O3S. The largest absolute Gasteiger partial charge is 0.490 e. The molecule has 4 rings (SSSR count). The molecule has 1 aliphatic rings. The van der Waals surface area contributed by atoms with Gasteiger partial charge in [-0.05, 0) is 49.1 Å². The lowest BCUT2D eigenvalue weighted by molar-refractivity contribution is -0.119.